The molecule has 14 nitrogen and oxygen atoms in total. The summed E-state index contributed by atoms with van der Waals surface area (Å²) in [6.45, 7) is 1.22. The van der Waals surface area contributed by atoms with Crippen LogP contribution in [-0.4, -0.2) is 113 Å². The van der Waals surface area contributed by atoms with Crippen LogP contribution in [0.2, 0.25) is 0 Å². The van der Waals surface area contributed by atoms with E-state index in [1.807, 2.05) is 18.5 Å². The molecule has 14 heteroatoms. The van der Waals surface area contributed by atoms with E-state index in [0.29, 0.717) is 6.04 Å². The summed E-state index contributed by atoms with van der Waals surface area (Å²) >= 11 is 0. The maximum absolute atomic E-state index is 9.77. The molecule has 2 heterocycles. The van der Waals surface area contributed by atoms with Gasteiger partial charge < -0.3 is 40.9 Å². The number of carboxylic acids is 4. The summed E-state index contributed by atoms with van der Waals surface area (Å²) < 4.78 is 0. The number of rotatable bonds is 7. The molecule has 0 radical (unpaired) electrons. The van der Waals surface area contributed by atoms with Crippen molar-refractivity contribution in [1.82, 2.24) is 9.88 Å². The minimum absolute atomic E-state index is 0.610. The number of pyridine rings is 1. The van der Waals surface area contributed by atoms with Gasteiger partial charge in [0.15, 0.2) is 24.4 Å². The van der Waals surface area contributed by atoms with Crippen molar-refractivity contribution in [3.63, 3.8) is 0 Å². The molecular formula is C18H26N2O12. The molecule has 32 heavy (non-hydrogen) atoms. The van der Waals surface area contributed by atoms with Crippen LogP contribution in [-0.2, 0) is 19.2 Å². The van der Waals surface area contributed by atoms with Crippen LogP contribution >= 0.6 is 0 Å². The number of nitrogens with zero attached hydrogens (tertiary/aromatic N) is 2. The number of likely N-dealkylation sites (tertiary alicyclic amines) is 1. The molecule has 0 bridgehead atoms. The van der Waals surface area contributed by atoms with Gasteiger partial charge in [-0.25, -0.2) is 19.2 Å². The smallest absolute Gasteiger partial charge is 0.335 e. The van der Waals surface area contributed by atoms with Crippen LogP contribution in [0.3, 0.4) is 0 Å². The van der Waals surface area contributed by atoms with Crippen LogP contribution in [0.25, 0.3) is 0 Å². The van der Waals surface area contributed by atoms with E-state index in [2.05, 4.69) is 23.0 Å². The fourth-order valence-electron chi connectivity index (χ4n) is 2.44. The zero-order valence-electron chi connectivity index (χ0n) is 16.9. The minimum atomic E-state index is -2.27. The van der Waals surface area contributed by atoms with Gasteiger partial charge in [0, 0.05) is 18.4 Å². The Bertz CT molecular complexity index is 688. The lowest BCUT2D eigenvalue weighted by Crippen LogP contribution is -2.39. The average Bonchev–Trinajstić information content (AvgIpc) is 3.18. The second-order valence-electron chi connectivity index (χ2n) is 6.56. The predicted molar refractivity (Wildman–Crippen MR) is 103 cm³/mol. The summed E-state index contributed by atoms with van der Waals surface area (Å²) in [5.74, 6) is -7.07. The molecule has 0 amide bonds. The van der Waals surface area contributed by atoms with E-state index in [1.165, 1.54) is 24.9 Å². The van der Waals surface area contributed by atoms with Crippen LogP contribution in [0.1, 0.15) is 24.4 Å². The van der Waals surface area contributed by atoms with Crippen molar-refractivity contribution >= 4 is 23.9 Å². The van der Waals surface area contributed by atoms with Crippen molar-refractivity contribution in [3.8, 4) is 0 Å². The lowest BCUT2D eigenvalue weighted by Gasteiger charge is -2.18. The molecular weight excluding hydrogens is 436 g/mol. The summed E-state index contributed by atoms with van der Waals surface area (Å²) in [6, 6.07) is 4.79. The number of aromatic nitrogens is 1. The first-order valence-corrected chi connectivity index (χ1v) is 9.04. The fourth-order valence-corrected chi connectivity index (χ4v) is 2.44. The van der Waals surface area contributed by atoms with Crippen LogP contribution in [0.5, 0.6) is 0 Å². The predicted octanol–water partition coefficient (Wildman–Crippen LogP) is -2.40. The molecule has 0 aromatic carbocycles. The molecule has 0 aliphatic carbocycles. The molecule has 5 atom stereocenters. The van der Waals surface area contributed by atoms with Crippen LogP contribution < -0.4 is 0 Å². The highest BCUT2D eigenvalue weighted by molar-refractivity contribution is 5.83. The Morgan fingerprint density at radius 1 is 0.875 bits per heavy atom. The highest BCUT2D eigenvalue weighted by Gasteiger charge is 2.30. The van der Waals surface area contributed by atoms with Gasteiger partial charge in [0.05, 0.1) is 0 Å². The van der Waals surface area contributed by atoms with Crippen LogP contribution in [0.4, 0.5) is 0 Å². The van der Waals surface area contributed by atoms with E-state index in [9.17, 15) is 19.2 Å². The number of aliphatic carboxylic acids is 4. The summed E-state index contributed by atoms with van der Waals surface area (Å²) in [5, 5.41) is 65.1. The van der Waals surface area contributed by atoms with Crippen molar-refractivity contribution < 1.29 is 60.0 Å². The Labute approximate surface area is 181 Å². The first-order chi connectivity index (χ1) is 14.8. The lowest BCUT2D eigenvalue weighted by atomic mass is 10.1. The Morgan fingerprint density at radius 3 is 1.53 bits per heavy atom. The number of hydrogen-bond acceptors (Lipinski definition) is 10. The average molecular weight is 462 g/mol. The van der Waals surface area contributed by atoms with E-state index in [1.54, 1.807) is 0 Å². The monoisotopic (exact) mass is 462 g/mol. The molecule has 2 rings (SSSR count). The van der Waals surface area contributed by atoms with E-state index >= 15 is 0 Å². The first kappa shape index (κ1) is 28.8. The maximum atomic E-state index is 9.77. The van der Waals surface area contributed by atoms with Crippen molar-refractivity contribution in [2.24, 2.45) is 0 Å². The van der Waals surface area contributed by atoms with Gasteiger partial charge in [0.25, 0.3) is 0 Å². The number of carboxylic acid groups (broad SMARTS) is 4. The van der Waals surface area contributed by atoms with Gasteiger partial charge in [0.2, 0.25) is 0 Å². The third kappa shape index (κ3) is 9.76. The SMILES string of the molecule is CN1CCC[C@H]1c1cccnc1.O=C(O)[C@@H](O)[C@@H](O)C(=O)O.O=C(O)[C@@H](O)[C@@H](O)C(=O)O. The molecule has 1 aliphatic heterocycles. The van der Waals surface area contributed by atoms with Gasteiger partial charge >= 0.3 is 23.9 Å². The van der Waals surface area contributed by atoms with Gasteiger partial charge in [-0.15, -0.1) is 0 Å². The molecule has 8 N–H and O–H groups in total. The largest absolute Gasteiger partial charge is 0.479 e. The second-order valence-corrected chi connectivity index (χ2v) is 6.56. The number of hydrogen-bond donors (Lipinski definition) is 8. The van der Waals surface area contributed by atoms with Crippen molar-refractivity contribution in [1.29, 1.82) is 0 Å². The first-order valence-electron chi connectivity index (χ1n) is 9.04. The number of aliphatic hydroxyl groups is 4. The highest BCUT2D eigenvalue weighted by Crippen LogP contribution is 2.29. The molecule has 1 saturated heterocycles. The van der Waals surface area contributed by atoms with Crippen LogP contribution in [0, 0.1) is 0 Å². The number of carbonyl (C=O) groups is 4. The van der Waals surface area contributed by atoms with Gasteiger partial charge in [-0.3, -0.25) is 9.88 Å². The van der Waals surface area contributed by atoms with E-state index in [-0.39, 0.29) is 0 Å². The molecule has 1 aromatic heterocycles. The lowest BCUT2D eigenvalue weighted by molar-refractivity contribution is -0.165. The standard InChI is InChI=1S/C10H14N2.2C4H6O6/c1-12-7-3-5-10(12)9-4-2-6-11-8-9;2*5-1(3(7)8)2(6)4(9)10/h2,4,6,8,10H,3,5,7H2,1H3;2*1-2,5-6H,(H,7,8)(H,9,10)/t10-;2*1-,2+/m0../s1. The second kappa shape index (κ2) is 14.0. The summed E-state index contributed by atoms with van der Waals surface area (Å²) in [6.07, 6.45) is -2.66. The quantitative estimate of drug-likeness (QED) is 0.210. The maximum Gasteiger partial charge on any atom is 0.335 e. The molecule has 1 fully saturated rings. The van der Waals surface area contributed by atoms with Crippen molar-refractivity contribution in [3.05, 3.63) is 30.1 Å². The third-order valence-corrected chi connectivity index (χ3v) is 4.20. The van der Waals surface area contributed by atoms with Crippen molar-refractivity contribution in [2.75, 3.05) is 13.6 Å². The van der Waals surface area contributed by atoms with E-state index < -0.39 is 48.3 Å². The zero-order chi connectivity index (χ0) is 25.0. The molecule has 1 aliphatic rings. The normalized spacial score (nSPS) is 19.1. The zero-order valence-corrected chi connectivity index (χ0v) is 16.9. The minimum Gasteiger partial charge on any atom is -0.479 e. The Morgan fingerprint density at radius 2 is 1.28 bits per heavy atom. The highest BCUT2D eigenvalue weighted by atomic mass is 16.4. The topological polar surface area (TPSA) is 246 Å². The molecule has 0 spiro atoms. The summed E-state index contributed by atoms with van der Waals surface area (Å²) in [7, 11) is 2.19. The van der Waals surface area contributed by atoms with Gasteiger partial charge in [0.1, 0.15) is 0 Å². The molecule has 1 aromatic rings. The summed E-state index contributed by atoms with van der Waals surface area (Å²) in [5.41, 5.74) is 1.36. The Kier molecular flexibility index (Phi) is 12.6. The van der Waals surface area contributed by atoms with Gasteiger partial charge in [-0.2, -0.15) is 0 Å². The Balaban J connectivity index is 0.000000455. The third-order valence-electron chi connectivity index (χ3n) is 4.20. The molecule has 180 valence electrons. The number of aliphatic hydroxyl groups excluding tert-OH is 4. The molecule has 0 unspecified atom stereocenters. The van der Waals surface area contributed by atoms with E-state index in [0.717, 1.165) is 0 Å². The van der Waals surface area contributed by atoms with Gasteiger partial charge in [-0.05, 0) is 38.1 Å². The van der Waals surface area contributed by atoms with Gasteiger partial charge in [-0.1, -0.05) is 6.07 Å². The molecule has 0 saturated carbocycles. The fraction of sp³-hybridized carbons (Fsp3) is 0.500. The van der Waals surface area contributed by atoms with Crippen molar-refractivity contribution in [2.45, 2.75) is 43.3 Å². The van der Waals surface area contributed by atoms with Crippen LogP contribution in [0.15, 0.2) is 24.5 Å². The van der Waals surface area contributed by atoms with E-state index in [4.69, 9.17) is 40.9 Å². The Hall–Kier alpha value is -3.17. The summed E-state index contributed by atoms with van der Waals surface area (Å²) in [4.78, 5) is 45.6.